The van der Waals surface area contributed by atoms with Gasteiger partial charge in [-0.15, -0.1) is 12.4 Å². The van der Waals surface area contributed by atoms with Crippen LogP contribution in [0.4, 0.5) is 10.1 Å². The third-order valence-corrected chi connectivity index (χ3v) is 5.00. The van der Waals surface area contributed by atoms with E-state index in [0.29, 0.717) is 24.5 Å². The van der Waals surface area contributed by atoms with E-state index in [9.17, 15) is 9.18 Å². The highest BCUT2D eigenvalue weighted by molar-refractivity contribution is 7.99. The largest absolute Gasteiger partial charge is 0.489 e. The van der Waals surface area contributed by atoms with Gasteiger partial charge >= 0.3 is 0 Å². The number of carbonyl (C=O) groups excluding carboxylic acids is 1. The van der Waals surface area contributed by atoms with Crippen molar-refractivity contribution in [3.63, 3.8) is 0 Å². The average molecular weight is 397 g/mol. The molecular formula is C19H22ClFN2O2S. The molecule has 1 aliphatic rings. The predicted molar refractivity (Wildman–Crippen MR) is 107 cm³/mol. The van der Waals surface area contributed by atoms with Gasteiger partial charge in [0.1, 0.15) is 18.2 Å². The normalized spacial score (nSPS) is 16.4. The molecule has 1 atom stereocenters. The molecule has 1 aliphatic heterocycles. The van der Waals surface area contributed by atoms with Crippen molar-refractivity contribution in [1.29, 1.82) is 0 Å². The summed E-state index contributed by atoms with van der Waals surface area (Å²) in [4.78, 5) is 12.2. The highest BCUT2D eigenvalue weighted by Crippen LogP contribution is 2.19. The van der Waals surface area contributed by atoms with E-state index in [1.54, 1.807) is 18.2 Å². The Balaban J connectivity index is 0.00000243. The minimum Gasteiger partial charge on any atom is -0.489 e. The number of anilines is 1. The summed E-state index contributed by atoms with van der Waals surface area (Å²) in [5, 5.41) is 6.27. The van der Waals surface area contributed by atoms with Crippen LogP contribution in [-0.2, 0) is 11.4 Å². The first-order valence-corrected chi connectivity index (χ1v) is 9.43. The van der Waals surface area contributed by atoms with Gasteiger partial charge < -0.3 is 15.4 Å². The molecule has 140 valence electrons. The SMILES string of the molecule is Cl.O=C(CC1CSCCN1)Nc1cccc(OCc2ccc(F)cc2)c1. The summed E-state index contributed by atoms with van der Waals surface area (Å²) in [6, 6.07) is 13.7. The third kappa shape index (κ3) is 6.52. The Labute approximate surface area is 163 Å². The Morgan fingerprint density at radius 1 is 1.27 bits per heavy atom. The third-order valence-electron chi connectivity index (χ3n) is 3.87. The van der Waals surface area contributed by atoms with Gasteiger partial charge in [-0.3, -0.25) is 4.79 Å². The monoisotopic (exact) mass is 396 g/mol. The lowest BCUT2D eigenvalue weighted by atomic mass is 10.2. The van der Waals surface area contributed by atoms with Crippen LogP contribution in [0.2, 0.25) is 0 Å². The first-order valence-electron chi connectivity index (χ1n) is 8.27. The standard InChI is InChI=1S/C19H21FN2O2S.ClH/c20-15-6-4-14(5-7-15)12-24-18-3-1-2-16(10-18)22-19(23)11-17-13-25-9-8-21-17;/h1-7,10,17,21H,8-9,11-13H2,(H,22,23);1H. The fourth-order valence-electron chi connectivity index (χ4n) is 2.60. The van der Waals surface area contributed by atoms with Crippen molar-refractivity contribution in [2.75, 3.05) is 23.4 Å². The second kappa shape index (κ2) is 10.4. The van der Waals surface area contributed by atoms with Gasteiger partial charge in [-0.1, -0.05) is 18.2 Å². The van der Waals surface area contributed by atoms with Crippen molar-refractivity contribution in [1.82, 2.24) is 5.32 Å². The lowest BCUT2D eigenvalue weighted by Crippen LogP contribution is -2.39. The van der Waals surface area contributed by atoms with Crippen LogP contribution in [0.1, 0.15) is 12.0 Å². The number of hydrogen-bond acceptors (Lipinski definition) is 4. The topological polar surface area (TPSA) is 50.4 Å². The zero-order valence-electron chi connectivity index (χ0n) is 14.2. The molecule has 2 aromatic carbocycles. The summed E-state index contributed by atoms with van der Waals surface area (Å²) in [5.41, 5.74) is 1.60. The summed E-state index contributed by atoms with van der Waals surface area (Å²) in [7, 11) is 0. The van der Waals surface area contributed by atoms with Gasteiger partial charge in [0.15, 0.2) is 0 Å². The highest BCUT2D eigenvalue weighted by atomic mass is 35.5. The smallest absolute Gasteiger partial charge is 0.225 e. The van der Waals surface area contributed by atoms with E-state index in [2.05, 4.69) is 10.6 Å². The molecule has 1 unspecified atom stereocenters. The van der Waals surface area contributed by atoms with E-state index in [1.807, 2.05) is 30.0 Å². The zero-order valence-corrected chi connectivity index (χ0v) is 15.9. The van der Waals surface area contributed by atoms with Crippen molar-refractivity contribution >= 4 is 35.8 Å². The quantitative estimate of drug-likeness (QED) is 0.778. The van der Waals surface area contributed by atoms with Crippen LogP contribution in [0.5, 0.6) is 5.75 Å². The van der Waals surface area contributed by atoms with Gasteiger partial charge in [-0.05, 0) is 29.8 Å². The number of ether oxygens (including phenoxy) is 1. The number of carbonyl (C=O) groups is 1. The van der Waals surface area contributed by atoms with Gasteiger partial charge in [-0.25, -0.2) is 4.39 Å². The summed E-state index contributed by atoms with van der Waals surface area (Å²) in [6.07, 6.45) is 0.466. The Bertz CT molecular complexity index is 709. The second-order valence-corrected chi connectivity index (χ2v) is 7.07. The Morgan fingerprint density at radius 2 is 2.08 bits per heavy atom. The number of amides is 1. The van der Waals surface area contributed by atoms with Crippen LogP contribution >= 0.6 is 24.2 Å². The first-order chi connectivity index (χ1) is 12.2. The van der Waals surface area contributed by atoms with Gasteiger partial charge in [0, 0.05) is 42.3 Å². The maximum Gasteiger partial charge on any atom is 0.225 e. The minimum atomic E-state index is -0.265. The summed E-state index contributed by atoms with van der Waals surface area (Å²) in [6.45, 7) is 1.30. The minimum absolute atomic E-state index is 0. The Kier molecular flexibility index (Phi) is 8.22. The Morgan fingerprint density at radius 3 is 2.81 bits per heavy atom. The molecular weight excluding hydrogens is 375 g/mol. The van der Waals surface area contributed by atoms with E-state index >= 15 is 0 Å². The molecule has 7 heteroatoms. The molecule has 0 aliphatic carbocycles. The number of thioether (sulfide) groups is 1. The number of nitrogens with one attached hydrogen (secondary N) is 2. The van der Waals surface area contributed by atoms with Crippen LogP contribution in [0.25, 0.3) is 0 Å². The maximum absolute atomic E-state index is 12.9. The fraction of sp³-hybridized carbons (Fsp3) is 0.316. The molecule has 1 heterocycles. The van der Waals surface area contributed by atoms with Crippen LogP contribution < -0.4 is 15.4 Å². The molecule has 0 radical (unpaired) electrons. The second-order valence-electron chi connectivity index (χ2n) is 5.92. The van der Waals surface area contributed by atoms with Crippen molar-refractivity contribution in [2.24, 2.45) is 0 Å². The van der Waals surface area contributed by atoms with Crippen LogP contribution in [0.3, 0.4) is 0 Å². The molecule has 2 aromatic rings. The fourth-order valence-corrected chi connectivity index (χ4v) is 3.55. The van der Waals surface area contributed by atoms with Crippen LogP contribution in [0.15, 0.2) is 48.5 Å². The molecule has 0 saturated carbocycles. The van der Waals surface area contributed by atoms with Crippen molar-refractivity contribution in [2.45, 2.75) is 19.1 Å². The maximum atomic E-state index is 12.9. The molecule has 0 aromatic heterocycles. The Hall–Kier alpha value is -1.76. The molecule has 1 fully saturated rings. The molecule has 3 rings (SSSR count). The summed E-state index contributed by atoms with van der Waals surface area (Å²) in [5.74, 6) is 2.46. The predicted octanol–water partition coefficient (Wildman–Crippen LogP) is 3.86. The van der Waals surface area contributed by atoms with E-state index in [4.69, 9.17) is 4.74 Å². The number of rotatable bonds is 6. The van der Waals surface area contributed by atoms with Crippen LogP contribution in [0, 0.1) is 5.82 Å². The van der Waals surface area contributed by atoms with E-state index in [-0.39, 0.29) is 30.2 Å². The molecule has 0 spiro atoms. The number of hydrogen-bond donors (Lipinski definition) is 2. The molecule has 1 amide bonds. The number of benzene rings is 2. The van der Waals surface area contributed by atoms with Crippen molar-refractivity contribution in [3.8, 4) is 5.75 Å². The molecule has 1 saturated heterocycles. The average Bonchev–Trinajstić information content (AvgIpc) is 2.62. The van der Waals surface area contributed by atoms with E-state index < -0.39 is 0 Å². The zero-order chi connectivity index (χ0) is 17.5. The van der Waals surface area contributed by atoms with Gasteiger partial charge in [0.2, 0.25) is 5.91 Å². The molecule has 26 heavy (non-hydrogen) atoms. The van der Waals surface area contributed by atoms with E-state index in [0.717, 1.165) is 23.6 Å². The van der Waals surface area contributed by atoms with Gasteiger partial charge in [0.05, 0.1) is 0 Å². The summed E-state index contributed by atoms with van der Waals surface area (Å²) < 4.78 is 18.6. The highest BCUT2D eigenvalue weighted by Gasteiger charge is 2.16. The van der Waals surface area contributed by atoms with Gasteiger partial charge in [-0.2, -0.15) is 11.8 Å². The van der Waals surface area contributed by atoms with Crippen LogP contribution in [-0.4, -0.2) is 30.0 Å². The molecule has 0 bridgehead atoms. The molecule has 2 N–H and O–H groups in total. The number of halogens is 2. The van der Waals surface area contributed by atoms with Crippen molar-refractivity contribution in [3.05, 3.63) is 59.9 Å². The first kappa shape index (κ1) is 20.6. The lowest BCUT2D eigenvalue weighted by Gasteiger charge is -2.22. The lowest BCUT2D eigenvalue weighted by molar-refractivity contribution is -0.116. The summed E-state index contributed by atoms with van der Waals surface area (Å²) >= 11 is 1.87. The van der Waals surface area contributed by atoms with Crippen molar-refractivity contribution < 1.29 is 13.9 Å². The van der Waals surface area contributed by atoms with Gasteiger partial charge in [0.25, 0.3) is 0 Å². The van der Waals surface area contributed by atoms with E-state index in [1.165, 1.54) is 12.1 Å². The molecule has 4 nitrogen and oxygen atoms in total.